The topological polar surface area (TPSA) is 99.5 Å². The Labute approximate surface area is 194 Å². The third-order valence-corrected chi connectivity index (χ3v) is 4.76. The van der Waals surface area contributed by atoms with Gasteiger partial charge in [-0.3, -0.25) is 4.79 Å². The van der Waals surface area contributed by atoms with Crippen LogP contribution in [0.15, 0.2) is 35.6 Å². The van der Waals surface area contributed by atoms with Crippen molar-refractivity contribution < 1.29 is 4.79 Å². The molecule has 1 fully saturated rings. The molecule has 0 bridgehead atoms. The Balaban J connectivity index is 0.00000320. The lowest BCUT2D eigenvalue weighted by Crippen LogP contribution is -2.47. The van der Waals surface area contributed by atoms with Gasteiger partial charge in [0.05, 0.1) is 13.1 Å². The molecule has 0 saturated carbocycles. The second-order valence-electron chi connectivity index (χ2n) is 6.85. The zero-order chi connectivity index (χ0) is 20.5. The molecule has 0 unspecified atom stereocenters. The number of carbonyl (C=O) groups excluding carboxylic acids is 1. The van der Waals surface area contributed by atoms with Crippen LogP contribution < -0.4 is 20.9 Å². The summed E-state index contributed by atoms with van der Waals surface area (Å²) in [5, 5.41) is 17.5. The van der Waals surface area contributed by atoms with Crippen molar-refractivity contribution in [1.82, 2.24) is 30.7 Å². The molecule has 164 valence electrons. The molecular formula is C20H31IN8O. The summed E-state index contributed by atoms with van der Waals surface area (Å²) in [4.78, 5) is 18.3. The van der Waals surface area contributed by atoms with Gasteiger partial charge in [-0.2, -0.15) is 0 Å². The highest BCUT2D eigenvalue weighted by atomic mass is 127. The normalized spacial score (nSPS) is 14.1. The van der Waals surface area contributed by atoms with E-state index < -0.39 is 0 Å². The Morgan fingerprint density at radius 1 is 1.23 bits per heavy atom. The van der Waals surface area contributed by atoms with Gasteiger partial charge in [0.25, 0.3) is 0 Å². The van der Waals surface area contributed by atoms with Crippen LogP contribution in [-0.4, -0.2) is 59.4 Å². The number of aryl methyl sites for hydroxylation is 1. The average Bonchev–Trinajstić information content (AvgIpc) is 3.20. The molecule has 1 aromatic carbocycles. The third kappa shape index (κ3) is 6.85. The van der Waals surface area contributed by atoms with E-state index in [1.54, 1.807) is 6.33 Å². The fourth-order valence-electron chi connectivity index (χ4n) is 3.22. The largest absolute Gasteiger partial charge is 0.360 e. The molecule has 1 aliphatic rings. The number of hydrogen-bond donors (Lipinski definition) is 3. The summed E-state index contributed by atoms with van der Waals surface area (Å²) >= 11 is 0. The number of piperazine rings is 1. The molecule has 1 saturated heterocycles. The number of rotatable bonds is 8. The predicted octanol–water partition coefficient (Wildman–Crippen LogP) is 1.15. The SMILES string of the molecule is CCNC(=NCc1ccc(N2CCNC(=O)C2)cc1)NCCn1cnnc1CC.I. The number of benzene rings is 1. The van der Waals surface area contributed by atoms with Gasteiger partial charge in [-0.15, -0.1) is 34.2 Å². The number of halogens is 1. The standard InChI is InChI=1S/C20H30N8O.HI/c1-3-18-26-25-15-28(18)12-10-23-20(21-4-2)24-13-16-5-7-17(8-6-16)27-11-9-22-19(29)14-27;/h5-8,15H,3-4,9-14H2,1-2H3,(H,22,29)(H2,21,23,24);1H. The van der Waals surface area contributed by atoms with E-state index in [0.29, 0.717) is 19.6 Å². The number of nitrogens with zero attached hydrogens (tertiary/aromatic N) is 5. The van der Waals surface area contributed by atoms with E-state index in [1.807, 2.05) is 0 Å². The summed E-state index contributed by atoms with van der Waals surface area (Å²) in [7, 11) is 0. The molecule has 3 N–H and O–H groups in total. The Morgan fingerprint density at radius 3 is 2.73 bits per heavy atom. The highest BCUT2D eigenvalue weighted by Gasteiger charge is 2.16. The minimum atomic E-state index is 0. The molecule has 0 aliphatic carbocycles. The summed E-state index contributed by atoms with van der Waals surface area (Å²) in [6, 6.07) is 8.25. The second-order valence-corrected chi connectivity index (χ2v) is 6.85. The van der Waals surface area contributed by atoms with Gasteiger partial charge in [-0.05, 0) is 24.6 Å². The van der Waals surface area contributed by atoms with E-state index in [-0.39, 0.29) is 29.9 Å². The number of aromatic nitrogens is 3. The minimum Gasteiger partial charge on any atom is -0.360 e. The first-order valence-corrected chi connectivity index (χ1v) is 10.2. The van der Waals surface area contributed by atoms with Gasteiger partial charge in [0, 0.05) is 44.8 Å². The quantitative estimate of drug-likeness (QED) is 0.271. The molecule has 0 radical (unpaired) electrons. The van der Waals surface area contributed by atoms with E-state index in [4.69, 9.17) is 0 Å². The summed E-state index contributed by atoms with van der Waals surface area (Å²) in [5.41, 5.74) is 2.19. The Morgan fingerprint density at radius 2 is 2.03 bits per heavy atom. The maximum Gasteiger partial charge on any atom is 0.239 e. The number of carbonyl (C=O) groups is 1. The number of anilines is 1. The molecule has 0 atom stereocenters. The van der Waals surface area contributed by atoms with Gasteiger partial charge in [-0.25, -0.2) is 4.99 Å². The first-order valence-electron chi connectivity index (χ1n) is 10.2. The number of hydrogen-bond acceptors (Lipinski definition) is 5. The lowest BCUT2D eigenvalue weighted by Gasteiger charge is -2.28. The van der Waals surface area contributed by atoms with Gasteiger partial charge in [0.15, 0.2) is 5.96 Å². The molecule has 3 rings (SSSR count). The molecule has 1 aliphatic heterocycles. The van der Waals surface area contributed by atoms with E-state index >= 15 is 0 Å². The first kappa shape index (κ1) is 23.9. The molecule has 2 heterocycles. The molecular weight excluding hydrogens is 495 g/mol. The van der Waals surface area contributed by atoms with Crippen molar-refractivity contribution in [2.45, 2.75) is 33.4 Å². The van der Waals surface area contributed by atoms with Crippen molar-refractivity contribution >= 4 is 41.5 Å². The lowest BCUT2D eigenvalue weighted by molar-refractivity contribution is -0.120. The molecule has 9 nitrogen and oxygen atoms in total. The van der Waals surface area contributed by atoms with Gasteiger partial charge in [0.2, 0.25) is 5.91 Å². The maximum absolute atomic E-state index is 11.6. The number of nitrogens with one attached hydrogen (secondary N) is 3. The van der Waals surface area contributed by atoms with Gasteiger partial charge in [0.1, 0.15) is 12.2 Å². The minimum absolute atomic E-state index is 0. The molecule has 1 amide bonds. The van der Waals surface area contributed by atoms with Crippen LogP contribution in [0, 0.1) is 0 Å². The first-order chi connectivity index (χ1) is 14.2. The number of guanidine groups is 1. The third-order valence-electron chi connectivity index (χ3n) is 4.76. The van der Waals surface area contributed by atoms with E-state index in [1.165, 1.54) is 0 Å². The van der Waals surface area contributed by atoms with Crippen molar-refractivity contribution in [3.05, 3.63) is 42.0 Å². The van der Waals surface area contributed by atoms with Gasteiger partial charge >= 0.3 is 0 Å². The summed E-state index contributed by atoms with van der Waals surface area (Å²) in [6.45, 7) is 8.99. The van der Waals surface area contributed by atoms with Crippen LogP contribution in [0.2, 0.25) is 0 Å². The smallest absolute Gasteiger partial charge is 0.239 e. The van der Waals surface area contributed by atoms with Crippen LogP contribution in [0.4, 0.5) is 5.69 Å². The summed E-state index contributed by atoms with van der Waals surface area (Å²) in [6.07, 6.45) is 2.63. The number of amides is 1. The number of aliphatic imine (C=N–C) groups is 1. The van der Waals surface area contributed by atoms with Crippen LogP contribution >= 0.6 is 24.0 Å². The van der Waals surface area contributed by atoms with E-state index in [9.17, 15) is 4.79 Å². The van der Waals surface area contributed by atoms with Crippen molar-refractivity contribution in [2.24, 2.45) is 4.99 Å². The molecule has 10 heteroatoms. The van der Waals surface area contributed by atoms with Crippen molar-refractivity contribution in [1.29, 1.82) is 0 Å². The zero-order valence-corrected chi connectivity index (χ0v) is 19.9. The molecule has 30 heavy (non-hydrogen) atoms. The maximum atomic E-state index is 11.6. The molecule has 1 aromatic heterocycles. The van der Waals surface area contributed by atoms with Crippen LogP contribution in [0.25, 0.3) is 0 Å². The van der Waals surface area contributed by atoms with Gasteiger partial charge in [-0.1, -0.05) is 19.1 Å². The van der Waals surface area contributed by atoms with Crippen molar-refractivity contribution in [3.8, 4) is 0 Å². The predicted molar refractivity (Wildman–Crippen MR) is 129 cm³/mol. The second kappa shape index (κ2) is 12.4. The molecule has 2 aromatic rings. The van der Waals surface area contributed by atoms with Crippen molar-refractivity contribution in [2.75, 3.05) is 37.6 Å². The van der Waals surface area contributed by atoms with Gasteiger partial charge < -0.3 is 25.4 Å². The Kier molecular flexibility index (Phi) is 9.84. The Hall–Kier alpha value is -2.37. The zero-order valence-electron chi connectivity index (χ0n) is 17.6. The summed E-state index contributed by atoms with van der Waals surface area (Å²) in [5.74, 6) is 1.85. The van der Waals surface area contributed by atoms with Crippen molar-refractivity contribution in [3.63, 3.8) is 0 Å². The Bertz CT molecular complexity index is 820. The van der Waals surface area contributed by atoms with Crippen LogP contribution in [0.1, 0.15) is 25.2 Å². The van der Waals surface area contributed by atoms with Crippen LogP contribution in [0.5, 0.6) is 0 Å². The highest BCUT2D eigenvalue weighted by molar-refractivity contribution is 14.0. The highest BCUT2D eigenvalue weighted by Crippen LogP contribution is 2.16. The van der Waals surface area contributed by atoms with E-state index in [2.05, 4.69) is 78.7 Å². The average molecular weight is 526 g/mol. The molecule has 0 spiro atoms. The monoisotopic (exact) mass is 526 g/mol. The fourth-order valence-corrected chi connectivity index (χ4v) is 3.22. The van der Waals surface area contributed by atoms with E-state index in [0.717, 1.165) is 55.6 Å². The van der Waals surface area contributed by atoms with Crippen LogP contribution in [0.3, 0.4) is 0 Å². The summed E-state index contributed by atoms with van der Waals surface area (Å²) < 4.78 is 2.05. The lowest BCUT2D eigenvalue weighted by atomic mass is 10.2. The fraction of sp³-hybridized carbons (Fsp3) is 0.500. The van der Waals surface area contributed by atoms with Crippen LogP contribution in [-0.2, 0) is 24.3 Å².